The second-order valence-electron chi connectivity index (χ2n) is 5.75. The largest absolute Gasteiger partial charge is 0.483 e. The van der Waals surface area contributed by atoms with Gasteiger partial charge in [-0.15, -0.1) is 0 Å². The minimum Gasteiger partial charge on any atom is -0.483 e. The Balaban J connectivity index is 2.09. The number of amides is 1. The van der Waals surface area contributed by atoms with Gasteiger partial charge in [0, 0.05) is 10.0 Å². The zero-order valence-corrected chi connectivity index (χ0v) is 15.9. The van der Waals surface area contributed by atoms with Crippen LogP contribution in [0.4, 0.5) is 5.69 Å². The van der Waals surface area contributed by atoms with Gasteiger partial charge in [-0.25, -0.2) is 0 Å². The molecule has 2 aromatic rings. The number of nitrogens with one attached hydrogen (secondary N) is 1. The molecule has 2 rings (SSSR count). The van der Waals surface area contributed by atoms with Crippen LogP contribution < -0.4 is 10.1 Å². The maximum absolute atomic E-state index is 12.1. The quantitative estimate of drug-likeness (QED) is 0.674. The summed E-state index contributed by atoms with van der Waals surface area (Å²) >= 11 is 18.1. The lowest BCUT2D eigenvalue weighted by Gasteiger charge is -2.16. The van der Waals surface area contributed by atoms with E-state index in [2.05, 4.69) is 5.32 Å². The predicted molar refractivity (Wildman–Crippen MR) is 101 cm³/mol. The summed E-state index contributed by atoms with van der Waals surface area (Å²) in [5.74, 6) is 0.559. The van der Waals surface area contributed by atoms with Gasteiger partial charge in [0.2, 0.25) is 0 Å². The van der Waals surface area contributed by atoms with Crippen molar-refractivity contribution >= 4 is 46.4 Å². The van der Waals surface area contributed by atoms with Gasteiger partial charge in [-0.3, -0.25) is 4.79 Å². The molecule has 0 aliphatic rings. The number of hydrogen-bond acceptors (Lipinski definition) is 2. The smallest absolute Gasteiger partial charge is 0.262 e. The van der Waals surface area contributed by atoms with Crippen LogP contribution in [0.3, 0.4) is 0 Å². The van der Waals surface area contributed by atoms with E-state index in [1.807, 2.05) is 32.9 Å². The Morgan fingerprint density at radius 3 is 2.50 bits per heavy atom. The van der Waals surface area contributed by atoms with Gasteiger partial charge in [-0.05, 0) is 54.3 Å². The van der Waals surface area contributed by atoms with Crippen molar-refractivity contribution < 1.29 is 9.53 Å². The van der Waals surface area contributed by atoms with Crippen LogP contribution in [0.2, 0.25) is 15.1 Å². The predicted octanol–water partition coefficient (Wildman–Crippen LogP) is 6.10. The van der Waals surface area contributed by atoms with Crippen LogP contribution in [-0.4, -0.2) is 12.5 Å². The summed E-state index contributed by atoms with van der Waals surface area (Å²) in [6.07, 6.45) is 0. The van der Waals surface area contributed by atoms with Gasteiger partial charge in [-0.1, -0.05) is 48.7 Å². The molecule has 0 unspecified atom stereocenters. The van der Waals surface area contributed by atoms with Gasteiger partial charge in [0.05, 0.1) is 10.7 Å². The Morgan fingerprint density at radius 1 is 1.12 bits per heavy atom. The Kier molecular flexibility index (Phi) is 6.39. The number of anilines is 1. The van der Waals surface area contributed by atoms with E-state index in [-0.39, 0.29) is 18.4 Å². The molecule has 3 nitrogen and oxygen atoms in total. The highest BCUT2D eigenvalue weighted by molar-refractivity contribution is 6.35. The minimum absolute atomic E-state index is 0.135. The number of aryl methyl sites for hydroxylation is 1. The molecule has 0 aliphatic heterocycles. The summed E-state index contributed by atoms with van der Waals surface area (Å²) in [6.45, 7) is 5.84. The molecular formula is C18H18Cl3NO2. The molecular weight excluding hydrogens is 369 g/mol. The van der Waals surface area contributed by atoms with Gasteiger partial charge >= 0.3 is 0 Å². The molecule has 0 fully saturated rings. The fourth-order valence-corrected chi connectivity index (χ4v) is 2.68. The van der Waals surface area contributed by atoms with Crippen LogP contribution in [0.25, 0.3) is 0 Å². The number of ether oxygens (including phenoxy) is 1. The molecule has 0 bridgehead atoms. The molecule has 2 aromatic carbocycles. The molecule has 24 heavy (non-hydrogen) atoms. The number of hydrogen-bond donors (Lipinski definition) is 1. The molecule has 0 aliphatic carbocycles. The third kappa shape index (κ3) is 4.79. The molecule has 0 saturated carbocycles. The first-order valence-corrected chi connectivity index (χ1v) is 8.59. The van der Waals surface area contributed by atoms with Gasteiger partial charge in [-0.2, -0.15) is 0 Å². The van der Waals surface area contributed by atoms with E-state index in [0.29, 0.717) is 26.5 Å². The Bertz CT molecular complexity index is 760. The Morgan fingerprint density at radius 2 is 1.83 bits per heavy atom. The van der Waals surface area contributed by atoms with E-state index in [9.17, 15) is 4.79 Å². The highest BCUT2D eigenvalue weighted by Gasteiger charge is 2.13. The molecule has 0 radical (unpaired) electrons. The first kappa shape index (κ1) is 18.9. The van der Waals surface area contributed by atoms with Gasteiger partial charge < -0.3 is 10.1 Å². The third-order valence-electron chi connectivity index (χ3n) is 3.47. The molecule has 0 spiro atoms. The van der Waals surface area contributed by atoms with E-state index >= 15 is 0 Å². The maximum atomic E-state index is 12.1. The highest BCUT2D eigenvalue weighted by atomic mass is 35.5. The second-order valence-corrected chi connectivity index (χ2v) is 7.01. The first-order chi connectivity index (χ1) is 11.3. The van der Waals surface area contributed by atoms with Crippen LogP contribution in [-0.2, 0) is 4.79 Å². The number of halogens is 3. The van der Waals surface area contributed by atoms with Crippen LogP contribution in [0.5, 0.6) is 5.75 Å². The monoisotopic (exact) mass is 385 g/mol. The molecule has 1 N–H and O–H groups in total. The maximum Gasteiger partial charge on any atom is 0.262 e. The van der Waals surface area contributed by atoms with Gasteiger partial charge in [0.25, 0.3) is 5.91 Å². The molecule has 128 valence electrons. The van der Waals surface area contributed by atoms with Crippen LogP contribution in [0, 0.1) is 6.92 Å². The summed E-state index contributed by atoms with van der Waals surface area (Å²) in [6, 6.07) is 8.59. The Hall–Kier alpha value is -1.42. The van der Waals surface area contributed by atoms with Crippen molar-refractivity contribution in [3.8, 4) is 5.75 Å². The van der Waals surface area contributed by atoms with Crippen molar-refractivity contribution in [2.24, 2.45) is 0 Å². The van der Waals surface area contributed by atoms with Crippen molar-refractivity contribution in [1.29, 1.82) is 0 Å². The number of carbonyl (C=O) groups excluding carboxylic acids is 1. The molecule has 6 heteroatoms. The van der Waals surface area contributed by atoms with Crippen molar-refractivity contribution in [3.63, 3.8) is 0 Å². The summed E-state index contributed by atoms with van der Waals surface area (Å²) in [4.78, 5) is 12.1. The molecule has 0 aromatic heterocycles. The minimum atomic E-state index is -0.318. The summed E-state index contributed by atoms with van der Waals surface area (Å²) < 4.78 is 5.69. The lowest BCUT2D eigenvalue weighted by atomic mass is 10.0. The van der Waals surface area contributed by atoms with E-state index in [4.69, 9.17) is 39.5 Å². The van der Waals surface area contributed by atoms with E-state index in [1.54, 1.807) is 18.2 Å². The lowest BCUT2D eigenvalue weighted by Crippen LogP contribution is -2.21. The zero-order chi connectivity index (χ0) is 17.9. The van der Waals surface area contributed by atoms with Crippen molar-refractivity contribution in [2.75, 3.05) is 11.9 Å². The van der Waals surface area contributed by atoms with E-state index in [1.165, 1.54) is 0 Å². The van der Waals surface area contributed by atoms with E-state index in [0.717, 1.165) is 11.1 Å². The number of benzene rings is 2. The molecule has 0 saturated heterocycles. The fourth-order valence-electron chi connectivity index (χ4n) is 2.17. The third-order valence-corrected chi connectivity index (χ3v) is 4.45. The lowest BCUT2D eigenvalue weighted by molar-refractivity contribution is -0.118. The average Bonchev–Trinajstić information content (AvgIpc) is 2.51. The molecule has 0 heterocycles. The van der Waals surface area contributed by atoms with Crippen LogP contribution in [0.1, 0.15) is 30.9 Å². The zero-order valence-electron chi connectivity index (χ0n) is 13.6. The topological polar surface area (TPSA) is 38.3 Å². The second kappa shape index (κ2) is 8.11. The number of carbonyl (C=O) groups is 1. The van der Waals surface area contributed by atoms with Crippen molar-refractivity contribution in [1.82, 2.24) is 0 Å². The Labute approximate surface area is 156 Å². The molecule has 1 amide bonds. The normalized spacial score (nSPS) is 10.8. The summed E-state index contributed by atoms with van der Waals surface area (Å²) in [7, 11) is 0. The highest BCUT2D eigenvalue weighted by Crippen LogP contribution is 2.32. The average molecular weight is 387 g/mol. The number of rotatable bonds is 5. The van der Waals surface area contributed by atoms with Crippen molar-refractivity contribution in [3.05, 3.63) is 56.5 Å². The van der Waals surface area contributed by atoms with Gasteiger partial charge in [0.1, 0.15) is 5.75 Å². The SMILES string of the molecule is Cc1cc(OCC(=O)Nc2cc(Cl)ccc2Cl)c(C(C)C)cc1Cl. The summed E-state index contributed by atoms with van der Waals surface area (Å²) in [5.41, 5.74) is 2.31. The van der Waals surface area contributed by atoms with Crippen LogP contribution >= 0.6 is 34.8 Å². The van der Waals surface area contributed by atoms with Crippen molar-refractivity contribution in [2.45, 2.75) is 26.7 Å². The summed E-state index contributed by atoms with van der Waals surface area (Å²) in [5, 5.41) is 4.28. The fraction of sp³-hybridized carbons (Fsp3) is 0.278. The molecule has 0 atom stereocenters. The standard InChI is InChI=1S/C18H18Cl3NO2/c1-10(2)13-8-15(21)11(3)6-17(13)24-9-18(23)22-16-7-12(19)4-5-14(16)20/h4-8,10H,9H2,1-3H3,(H,22,23). The van der Waals surface area contributed by atoms with Gasteiger partial charge in [0.15, 0.2) is 6.61 Å². The first-order valence-electron chi connectivity index (χ1n) is 7.45. The van der Waals surface area contributed by atoms with E-state index < -0.39 is 0 Å². The van der Waals surface area contributed by atoms with Crippen LogP contribution in [0.15, 0.2) is 30.3 Å².